The molecule has 3 heteroatoms. The average molecular weight is 256 g/mol. The quantitative estimate of drug-likeness (QED) is 0.712. The third kappa shape index (κ3) is 3.24. The van der Waals surface area contributed by atoms with Crippen molar-refractivity contribution < 1.29 is 4.39 Å². The first-order chi connectivity index (χ1) is 8.38. The molecule has 18 heavy (non-hydrogen) atoms. The molecular formula is C15H29FN2. The fourth-order valence-electron chi connectivity index (χ4n) is 3.28. The molecule has 0 aromatic heterocycles. The molecule has 2 nitrogen and oxygen atoms in total. The standard InChI is InChI=1S/C15H29FN2/c1-12-5-8-17(11-14(12)16)13-6-9-18(10-7-13)15(2,3)4/h12-14H,5-11H2,1-4H3/t12-,14+/m0/s1. The van der Waals surface area contributed by atoms with E-state index in [2.05, 4.69) is 30.6 Å². The van der Waals surface area contributed by atoms with Gasteiger partial charge < -0.3 is 0 Å². The van der Waals surface area contributed by atoms with E-state index < -0.39 is 6.17 Å². The van der Waals surface area contributed by atoms with Gasteiger partial charge in [0, 0.05) is 31.2 Å². The summed E-state index contributed by atoms with van der Waals surface area (Å²) >= 11 is 0. The highest BCUT2D eigenvalue weighted by atomic mass is 19.1. The van der Waals surface area contributed by atoms with Gasteiger partial charge in [-0.15, -0.1) is 0 Å². The molecule has 106 valence electrons. The molecule has 2 atom stereocenters. The van der Waals surface area contributed by atoms with Crippen LogP contribution in [0.5, 0.6) is 0 Å². The second-order valence-corrected chi connectivity index (χ2v) is 7.17. The van der Waals surface area contributed by atoms with Crippen LogP contribution < -0.4 is 0 Å². The monoisotopic (exact) mass is 256 g/mol. The summed E-state index contributed by atoms with van der Waals surface area (Å²) in [5.74, 6) is 0.260. The normalized spacial score (nSPS) is 33.8. The number of hydrogen-bond donors (Lipinski definition) is 0. The van der Waals surface area contributed by atoms with Crippen LogP contribution in [0.4, 0.5) is 4.39 Å². The van der Waals surface area contributed by atoms with Crippen molar-refractivity contribution >= 4 is 0 Å². The average Bonchev–Trinajstić information content (AvgIpc) is 2.32. The summed E-state index contributed by atoms with van der Waals surface area (Å²) in [6, 6.07) is 0.620. The van der Waals surface area contributed by atoms with Crippen LogP contribution in [-0.2, 0) is 0 Å². The molecule has 2 aliphatic heterocycles. The summed E-state index contributed by atoms with van der Waals surface area (Å²) in [5, 5.41) is 0. The summed E-state index contributed by atoms with van der Waals surface area (Å²) in [7, 11) is 0. The molecular weight excluding hydrogens is 227 g/mol. The van der Waals surface area contributed by atoms with Gasteiger partial charge in [0.1, 0.15) is 6.17 Å². The molecule has 0 N–H and O–H groups in total. The Morgan fingerprint density at radius 3 is 2.11 bits per heavy atom. The lowest BCUT2D eigenvalue weighted by Crippen LogP contribution is -2.53. The predicted octanol–water partition coefficient (Wildman–Crippen LogP) is 2.93. The third-order valence-corrected chi connectivity index (χ3v) is 4.83. The van der Waals surface area contributed by atoms with E-state index in [0.717, 1.165) is 26.1 Å². The molecule has 0 saturated carbocycles. The number of nitrogens with zero attached hydrogens (tertiary/aromatic N) is 2. The van der Waals surface area contributed by atoms with Gasteiger partial charge in [0.2, 0.25) is 0 Å². The maximum Gasteiger partial charge on any atom is 0.115 e. The molecule has 0 spiro atoms. The lowest BCUT2D eigenvalue weighted by atomic mass is 9.92. The lowest BCUT2D eigenvalue weighted by Gasteiger charge is -2.45. The maximum atomic E-state index is 13.8. The molecule has 2 aliphatic rings. The largest absolute Gasteiger partial charge is 0.298 e. The van der Waals surface area contributed by atoms with E-state index in [9.17, 15) is 4.39 Å². The summed E-state index contributed by atoms with van der Waals surface area (Å²) in [6.07, 6.45) is 2.83. The summed E-state index contributed by atoms with van der Waals surface area (Å²) in [4.78, 5) is 4.97. The Hall–Kier alpha value is -0.150. The number of piperidine rings is 2. The highest BCUT2D eigenvalue weighted by molar-refractivity contribution is 4.88. The molecule has 0 radical (unpaired) electrons. The molecule has 2 saturated heterocycles. The highest BCUT2D eigenvalue weighted by Gasteiger charge is 2.33. The predicted molar refractivity (Wildman–Crippen MR) is 74.6 cm³/mol. The first-order valence-corrected chi connectivity index (χ1v) is 7.51. The molecule has 0 aromatic rings. The van der Waals surface area contributed by atoms with Crippen molar-refractivity contribution in [3.63, 3.8) is 0 Å². The second-order valence-electron chi connectivity index (χ2n) is 7.17. The smallest absolute Gasteiger partial charge is 0.115 e. The van der Waals surface area contributed by atoms with Gasteiger partial charge in [-0.2, -0.15) is 0 Å². The van der Waals surface area contributed by atoms with E-state index in [1.54, 1.807) is 0 Å². The lowest BCUT2D eigenvalue weighted by molar-refractivity contribution is 0.0167. The van der Waals surface area contributed by atoms with Gasteiger partial charge in [0.15, 0.2) is 0 Å². The Balaban J connectivity index is 1.83. The van der Waals surface area contributed by atoms with Crippen LogP contribution in [0, 0.1) is 5.92 Å². The van der Waals surface area contributed by atoms with Crippen molar-refractivity contribution in [2.75, 3.05) is 26.2 Å². The number of likely N-dealkylation sites (tertiary alicyclic amines) is 2. The maximum absolute atomic E-state index is 13.8. The molecule has 0 aromatic carbocycles. The zero-order valence-corrected chi connectivity index (χ0v) is 12.5. The molecule has 2 fully saturated rings. The highest BCUT2D eigenvalue weighted by Crippen LogP contribution is 2.27. The molecule has 0 aliphatic carbocycles. The first kappa shape index (κ1) is 14.3. The van der Waals surface area contributed by atoms with Gasteiger partial charge in [0.05, 0.1) is 0 Å². The van der Waals surface area contributed by atoms with Crippen LogP contribution in [0.25, 0.3) is 0 Å². The summed E-state index contributed by atoms with van der Waals surface area (Å²) in [6.45, 7) is 13.0. The van der Waals surface area contributed by atoms with E-state index in [0.29, 0.717) is 12.6 Å². The van der Waals surface area contributed by atoms with Crippen LogP contribution in [0.3, 0.4) is 0 Å². The Labute approximate surface area is 112 Å². The minimum atomic E-state index is -0.612. The van der Waals surface area contributed by atoms with Gasteiger partial charge >= 0.3 is 0 Å². The van der Waals surface area contributed by atoms with E-state index >= 15 is 0 Å². The third-order valence-electron chi connectivity index (χ3n) is 4.83. The van der Waals surface area contributed by atoms with Crippen LogP contribution in [0.15, 0.2) is 0 Å². The Morgan fingerprint density at radius 1 is 1.00 bits per heavy atom. The van der Waals surface area contributed by atoms with Crippen molar-refractivity contribution in [2.45, 2.75) is 64.7 Å². The van der Waals surface area contributed by atoms with Gasteiger partial charge in [-0.1, -0.05) is 6.92 Å². The number of halogens is 1. The number of rotatable bonds is 1. The van der Waals surface area contributed by atoms with Gasteiger partial charge in [-0.3, -0.25) is 9.80 Å². The molecule has 0 amide bonds. The molecule has 0 bridgehead atoms. The summed E-state index contributed by atoms with van der Waals surface area (Å²) in [5.41, 5.74) is 0.282. The molecule has 0 unspecified atom stereocenters. The molecule has 2 rings (SSSR count). The summed E-state index contributed by atoms with van der Waals surface area (Å²) < 4.78 is 13.8. The fourth-order valence-corrected chi connectivity index (χ4v) is 3.28. The number of alkyl halides is 1. The Morgan fingerprint density at radius 2 is 1.61 bits per heavy atom. The minimum absolute atomic E-state index is 0.260. The van der Waals surface area contributed by atoms with Crippen molar-refractivity contribution in [3.05, 3.63) is 0 Å². The SMILES string of the molecule is C[C@H]1CCN(C2CCN(C(C)(C)C)CC2)C[C@H]1F. The van der Waals surface area contributed by atoms with Crippen molar-refractivity contribution in [1.82, 2.24) is 9.80 Å². The van der Waals surface area contributed by atoms with E-state index in [4.69, 9.17) is 0 Å². The zero-order valence-electron chi connectivity index (χ0n) is 12.5. The van der Waals surface area contributed by atoms with E-state index in [1.165, 1.54) is 12.8 Å². The van der Waals surface area contributed by atoms with Gasteiger partial charge in [0.25, 0.3) is 0 Å². The van der Waals surface area contributed by atoms with E-state index in [1.807, 2.05) is 6.92 Å². The van der Waals surface area contributed by atoms with Crippen molar-refractivity contribution in [3.8, 4) is 0 Å². The number of hydrogen-bond acceptors (Lipinski definition) is 2. The van der Waals surface area contributed by atoms with Gasteiger partial charge in [-0.25, -0.2) is 4.39 Å². The second kappa shape index (κ2) is 5.46. The van der Waals surface area contributed by atoms with Gasteiger partial charge in [-0.05, 0) is 52.5 Å². The Kier molecular flexibility index (Phi) is 4.32. The van der Waals surface area contributed by atoms with Crippen LogP contribution in [0.2, 0.25) is 0 Å². The van der Waals surface area contributed by atoms with Crippen molar-refractivity contribution in [1.29, 1.82) is 0 Å². The van der Waals surface area contributed by atoms with E-state index in [-0.39, 0.29) is 11.5 Å². The fraction of sp³-hybridized carbons (Fsp3) is 1.00. The topological polar surface area (TPSA) is 6.48 Å². The molecule has 2 heterocycles. The first-order valence-electron chi connectivity index (χ1n) is 7.51. The minimum Gasteiger partial charge on any atom is -0.298 e. The van der Waals surface area contributed by atoms with Crippen LogP contribution in [0.1, 0.15) is 47.0 Å². The van der Waals surface area contributed by atoms with Crippen molar-refractivity contribution in [2.24, 2.45) is 5.92 Å². The van der Waals surface area contributed by atoms with Crippen LogP contribution >= 0.6 is 0 Å². The zero-order chi connectivity index (χ0) is 13.3. The van der Waals surface area contributed by atoms with Crippen LogP contribution in [-0.4, -0.2) is 53.7 Å². The Bertz CT molecular complexity index is 266.